The zero-order chi connectivity index (χ0) is 10.8. The van der Waals surface area contributed by atoms with E-state index in [1.165, 1.54) is 0 Å². The lowest BCUT2D eigenvalue weighted by atomic mass is 10.1. The Bertz CT molecular complexity index is 509. The third-order valence-corrected chi connectivity index (χ3v) is 2.52. The molecule has 3 heteroatoms. The van der Waals surface area contributed by atoms with Crippen molar-refractivity contribution in [3.8, 4) is 0 Å². The van der Waals surface area contributed by atoms with Gasteiger partial charge in [0.2, 0.25) is 0 Å². The zero-order valence-corrected chi connectivity index (χ0v) is 9.28. The van der Waals surface area contributed by atoms with Crippen molar-refractivity contribution < 1.29 is 0 Å². The summed E-state index contributed by atoms with van der Waals surface area (Å²) in [5, 5.41) is 4.39. The van der Waals surface area contributed by atoms with Crippen LogP contribution in [-0.4, -0.2) is 16.6 Å². The third kappa shape index (κ3) is 1.50. The van der Waals surface area contributed by atoms with Crippen LogP contribution >= 0.6 is 0 Å². The molecule has 0 aliphatic carbocycles. The van der Waals surface area contributed by atoms with E-state index in [2.05, 4.69) is 22.4 Å². The minimum atomic E-state index is 1.01. The number of aryl methyl sites for hydroxylation is 1. The molecule has 0 fully saturated rings. The highest BCUT2D eigenvalue weighted by Crippen LogP contribution is 2.26. The van der Waals surface area contributed by atoms with Gasteiger partial charge in [-0.1, -0.05) is 12.2 Å². The smallest absolute Gasteiger partial charge is 0.141 e. The lowest BCUT2D eigenvalue weighted by molar-refractivity contribution is 0.948. The fourth-order valence-electron chi connectivity index (χ4n) is 1.81. The molecule has 2 heterocycles. The van der Waals surface area contributed by atoms with Gasteiger partial charge in [0.25, 0.3) is 0 Å². The van der Waals surface area contributed by atoms with E-state index in [4.69, 9.17) is 0 Å². The van der Waals surface area contributed by atoms with Crippen LogP contribution in [0.2, 0.25) is 0 Å². The van der Waals surface area contributed by atoms with E-state index in [0.29, 0.717) is 0 Å². The van der Waals surface area contributed by atoms with Crippen molar-refractivity contribution in [3.63, 3.8) is 0 Å². The molecule has 0 bridgehead atoms. The van der Waals surface area contributed by atoms with Crippen LogP contribution in [0.25, 0.3) is 17.1 Å². The van der Waals surface area contributed by atoms with Gasteiger partial charge in [-0.25, -0.2) is 4.98 Å². The Morgan fingerprint density at radius 1 is 1.47 bits per heavy atom. The number of fused-ring (bicyclic) bond motifs is 1. The van der Waals surface area contributed by atoms with E-state index in [0.717, 1.165) is 22.3 Å². The average Bonchev–Trinajstić information content (AvgIpc) is 2.61. The Labute approximate surface area is 89.4 Å². The van der Waals surface area contributed by atoms with Crippen molar-refractivity contribution in [3.05, 3.63) is 30.1 Å². The van der Waals surface area contributed by atoms with Gasteiger partial charge in [0.1, 0.15) is 5.65 Å². The van der Waals surface area contributed by atoms with Gasteiger partial charge in [0.05, 0.1) is 5.69 Å². The van der Waals surface area contributed by atoms with Crippen molar-refractivity contribution in [1.29, 1.82) is 0 Å². The predicted octanol–water partition coefficient (Wildman–Crippen LogP) is 2.65. The van der Waals surface area contributed by atoms with Crippen molar-refractivity contribution in [1.82, 2.24) is 9.55 Å². The molecule has 0 aliphatic heterocycles. The fourth-order valence-corrected chi connectivity index (χ4v) is 1.81. The monoisotopic (exact) mass is 201 g/mol. The summed E-state index contributed by atoms with van der Waals surface area (Å²) in [6, 6.07) is 2.08. The Kier molecular flexibility index (Phi) is 2.46. The van der Waals surface area contributed by atoms with Gasteiger partial charge in [0.15, 0.2) is 0 Å². The summed E-state index contributed by atoms with van der Waals surface area (Å²) in [6.45, 7) is 2.01. The van der Waals surface area contributed by atoms with Crippen LogP contribution in [0.1, 0.15) is 12.5 Å². The maximum Gasteiger partial charge on any atom is 0.141 e. The first kappa shape index (κ1) is 9.77. The van der Waals surface area contributed by atoms with Gasteiger partial charge in [-0.15, -0.1) is 0 Å². The number of aromatic nitrogens is 2. The Morgan fingerprint density at radius 2 is 2.27 bits per heavy atom. The number of nitrogens with one attached hydrogen (secondary N) is 1. The second-order valence-corrected chi connectivity index (χ2v) is 3.50. The molecule has 2 rings (SSSR count). The second kappa shape index (κ2) is 3.77. The van der Waals surface area contributed by atoms with E-state index in [-0.39, 0.29) is 0 Å². The molecule has 2 aromatic rings. The molecule has 0 saturated heterocycles. The maximum atomic E-state index is 4.44. The molecule has 1 N–H and O–H groups in total. The molecule has 0 spiro atoms. The highest BCUT2D eigenvalue weighted by molar-refractivity contribution is 5.94. The Morgan fingerprint density at radius 3 is 2.93 bits per heavy atom. The fraction of sp³-hybridized carbons (Fsp3) is 0.250. The van der Waals surface area contributed by atoms with Crippen LogP contribution in [0.15, 0.2) is 24.5 Å². The molecule has 3 nitrogen and oxygen atoms in total. The Hall–Kier alpha value is -1.77. The lowest BCUT2D eigenvalue weighted by Crippen LogP contribution is -1.95. The number of anilines is 1. The molecule has 78 valence electrons. The summed E-state index contributed by atoms with van der Waals surface area (Å²) in [5.41, 5.74) is 3.27. The Balaban J connectivity index is 2.75. The van der Waals surface area contributed by atoms with Crippen molar-refractivity contribution in [2.75, 3.05) is 12.4 Å². The molecular formula is C12H15N3. The summed E-state index contributed by atoms with van der Waals surface area (Å²) in [6.07, 6.45) is 8.00. The molecule has 15 heavy (non-hydrogen) atoms. The molecule has 0 amide bonds. The van der Waals surface area contributed by atoms with Gasteiger partial charge in [0, 0.05) is 37.4 Å². The number of hydrogen-bond acceptors (Lipinski definition) is 2. The molecule has 0 radical (unpaired) electrons. The first-order valence-corrected chi connectivity index (χ1v) is 5.02. The van der Waals surface area contributed by atoms with Crippen LogP contribution in [0, 0.1) is 0 Å². The highest BCUT2D eigenvalue weighted by atomic mass is 15.0. The van der Waals surface area contributed by atoms with Gasteiger partial charge >= 0.3 is 0 Å². The molecule has 0 atom stereocenters. The van der Waals surface area contributed by atoms with E-state index in [1.807, 2.05) is 44.1 Å². The SMILES string of the molecule is CC=Cc1cnc2c(ccn2C)c1NC. The van der Waals surface area contributed by atoms with E-state index < -0.39 is 0 Å². The minimum absolute atomic E-state index is 1.01. The molecular weight excluding hydrogens is 186 g/mol. The summed E-state index contributed by atoms with van der Waals surface area (Å²) in [4.78, 5) is 4.44. The molecule has 0 aliphatic rings. The van der Waals surface area contributed by atoms with Gasteiger partial charge in [-0.05, 0) is 13.0 Å². The largest absolute Gasteiger partial charge is 0.387 e. The van der Waals surface area contributed by atoms with Gasteiger partial charge < -0.3 is 9.88 Å². The van der Waals surface area contributed by atoms with E-state index in [9.17, 15) is 0 Å². The number of rotatable bonds is 2. The third-order valence-electron chi connectivity index (χ3n) is 2.52. The average molecular weight is 201 g/mol. The molecule has 2 aromatic heterocycles. The number of nitrogens with zero attached hydrogens (tertiary/aromatic N) is 2. The van der Waals surface area contributed by atoms with Crippen LogP contribution in [-0.2, 0) is 7.05 Å². The molecule has 0 saturated carbocycles. The standard InChI is InChI=1S/C12H15N3/c1-4-5-9-8-14-12-10(11(9)13-2)6-7-15(12)3/h4-8H,1-3H3,(H,13,14). The predicted molar refractivity (Wildman–Crippen MR) is 65.0 cm³/mol. The minimum Gasteiger partial charge on any atom is -0.387 e. The summed E-state index contributed by atoms with van der Waals surface area (Å²) >= 11 is 0. The van der Waals surface area contributed by atoms with Gasteiger partial charge in [-0.2, -0.15) is 0 Å². The zero-order valence-electron chi connectivity index (χ0n) is 9.28. The summed E-state index contributed by atoms with van der Waals surface area (Å²) in [7, 11) is 3.94. The number of pyridine rings is 1. The van der Waals surface area contributed by atoms with E-state index in [1.54, 1.807) is 0 Å². The topological polar surface area (TPSA) is 29.9 Å². The van der Waals surface area contributed by atoms with Gasteiger partial charge in [-0.3, -0.25) is 0 Å². The quantitative estimate of drug-likeness (QED) is 0.809. The van der Waals surface area contributed by atoms with Crippen molar-refractivity contribution >= 4 is 22.8 Å². The first-order valence-electron chi connectivity index (χ1n) is 5.02. The maximum absolute atomic E-state index is 4.44. The van der Waals surface area contributed by atoms with Crippen LogP contribution in [0.3, 0.4) is 0 Å². The molecule has 0 aromatic carbocycles. The number of hydrogen-bond donors (Lipinski definition) is 1. The van der Waals surface area contributed by atoms with Crippen molar-refractivity contribution in [2.24, 2.45) is 7.05 Å². The summed E-state index contributed by atoms with van der Waals surface area (Å²) < 4.78 is 2.02. The second-order valence-electron chi connectivity index (χ2n) is 3.50. The highest BCUT2D eigenvalue weighted by Gasteiger charge is 2.07. The van der Waals surface area contributed by atoms with Crippen LogP contribution in [0.4, 0.5) is 5.69 Å². The van der Waals surface area contributed by atoms with Crippen molar-refractivity contribution in [2.45, 2.75) is 6.92 Å². The van der Waals surface area contributed by atoms with Crippen LogP contribution in [0.5, 0.6) is 0 Å². The first-order chi connectivity index (χ1) is 7.27. The van der Waals surface area contributed by atoms with E-state index >= 15 is 0 Å². The molecule has 0 unspecified atom stereocenters. The van der Waals surface area contributed by atoms with Crippen LogP contribution < -0.4 is 5.32 Å². The number of allylic oxidation sites excluding steroid dienone is 1. The lowest BCUT2D eigenvalue weighted by Gasteiger charge is -2.07. The normalized spacial score (nSPS) is 11.4. The summed E-state index contributed by atoms with van der Waals surface area (Å²) in [5.74, 6) is 0.